The minimum atomic E-state index is -4.32. The van der Waals surface area contributed by atoms with Gasteiger partial charge < -0.3 is 9.80 Å². The maximum absolute atomic E-state index is 12.8. The monoisotopic (exact) mass is 358 g/mol. The fourth-order valence-corrected chi connectivity index (χ4v) is 3.39. The van der Waals surface area contributed by atoms with Crippen LogP contribution >= 0.6 is 11.8 Å². The summed E-state index contributed by atoms with van der Waals surface area (Å²) in [6, 6.07) is 6.17. The zero-order valence-electron chi connectivity index (χ0n) is 13.0. The zero-order chi connectivity index (χ0) is 17.9. The molecule has 0 aliphatic carbocycles. The van der Waals surface area contributed by atoms with Gasteiger partial charge >= 0.3 is 6.18 Å². The number of hydrogen-bond acceptors (Lipinski definition) is 3. The number of halogens is 3. The van der Waals surface area contributed by atoms with Crippen LogP contribution in [0.15, 0.2) is 36.9 Å². The second kappa shape index (κ2) is 7.29. The summed E-state index contributed by atoms with van der Waals surface area (Å²) < 4.78 is 38.5. The van der Waals surface area contributed by atoms with Gasteiger partial charge in [-0.2, -0.15) is 13.2 Å². The smallest absolute Gasteiger partial charge is 0.336 e. The van der Waals surface area contributed by atoms with Crippen LogP contribution in [0.2, 0.25) is 0 Å². The summed E-state index contributed by atoms with van der Waals surface area (Å²) in [6.07, 6.45) is -3.15. The zero-order valence-corrected chi connectivity index (χ0v) is 13.9. The number of hydrogen-bond donors (Lipinski definition) is 0. The first-order valence-corrected chi connectivity index (χ1v) is 8.26. The Kier molecular flexibility index (Phi) is 5.58. The molecule has 2 rings (SSSR count). The Morgan fingerprint density at radius 3 is 2.50 bits per heavy atom. The fourth-order valence-electron chi connectivity index (χ4n) is 2.31. The maximum Gasteiger partial charge on any atom is 0.402 e. The molecule has 0 saturated carbocycles. The third-order valence-electron chi connectivity index (χ3n) is 3.73. The summed E-state index contributed by atoms with van der Waals surface area (Å²) in [7, 11) is 1.57. The van der Waals surface area contributed by atoms with Crippen molar-refractivity contribution in [2.45, 2.75) is 11.4 Å². The van der Waals surface area contributed by atoms with E-state index in [2.05, 4.69) is 6.58 Å². The van der Waals surface area contributed by atoms with Crippen molar-refractivity contribution in [3.63, 3.8) is 0 Å². The molecule has 1 aliphatic heterocycles. The van der Waals surface area contributed by atoms with Gasteiger partial charge in [-0.15, -0.1) is 11.8 Å². The lowest BCUT2D eigenvalue weighted by Gasteiger charge is -2.33. The molecule has 1 aromatic carbocycles. The standard InChI is InChI=1S/C16H17F3N2O2S/c1-3-14(22)20(2)12-6-4-11(5-7-12)15(23)21-8-9-24-13(10-21)16(17,18)19/h3-7,13H,1,8-10H2,2H3. The van der Waals surface area contributed by atoms with Gasteiger partial charge in [0.25, 0.3) is 5.91 Å². The third kappa shape index (κ3) is 4.11. The van der Waals surface area contributed by atoms with Crippen LogP contribution in [-0.4, -0.2) is 54.0 Å². The van der Waals surface area contributed by atoms with E-state index in [1.54, 1.807) is 19.2 Å². The maximum atomic E-state index is 12.8. The number of thioether (sulfide) groups is 1. The second-order valence-corrected chi connectivity index (χ2v) is 6.61. The molecular formula is C16H17F3N2O2S. The molecule has 0 aromatic heterocycles. The van der Waals surface area contributed by atoms with Crippen molar-refractivity contribution < 1.29 is 22.8 Å². The van der Waals surface area contributed by atoms with Gasteiger partial charge in [0.15, 0.2) is 0 Å². The minimum Gasteiger partial charge on any atom is -0.336 e. The van der Waals surface area contributed by atoms with Crippen LogP contribution in [0.25, 0.3) is 0 Å². The molecule has 1 fully saturated rings. The molecule has 0 bridgehead atoms. The molecule has 0 radical (unpaired) electrons. The summed E-state index contributed by atoms with van der Waals surface area (Å²) in [5.74, 6) is -0.478. The first-order chi connectivity index (χ1) is 11.2. The highest BCUT2D eigenvalue weighted by molar-refractivity contribution is 8.00. The van der Waals surface area contributed by atoms with E-state index in [4.69, 9.17) is 0 Å². The van der Waals surface area contributed by atoms with E-state index in [9.17, 15) is 22.8 Å². The lowest BCUT2D eigenvalue weighted by Crippen LogP contribution is -2.47. The van der Waals surface area contributed by atoms with Gasteiger partial charge in [-0.25, -0.2) is 0 Å². The van der Waals surface area contributed by atoms with Crippen molar-refractivity contribution in [3.8, 4) is 0 Å². The highest BCUT2D eigenvalue weighted by Crippen LogP contribution is 2.34. The van der Waals surface area contributed by atoms with Crippen molar-refractivity contribution in [2.75, 3.05) is 30.8 Å². The summed E-state index contributed by atoms with van der Waals surface area (Å²) in [6.45, 7) is 3.34. The average molecular weight is 358 g/mol. The topological polar surface area (TPSA) is 40.6 Å². The van der Waals surface area contributed by atoms with Gasteiger partial charge in [-0.05, 0) is 30.3 Å². The number of likely N-dealkylation sites (N-methyl/N-ethyl adjacent to an activating group) is 1. The largest absolute Gasteiger partial charge is 0.402 e. The number of anilines is 1. The number of carbonyl (C=O) groups is 2. The Bertz CT molecular complexity index is 631. The molecule has 1 atom stereocenters. The van der Waals surface area contributed by atoms with Gasteiger partial charge in [0.2, 0.25) is 5.91 Å². The normalized spacial score (nSPS) is 18.2. The quantitative estimate of drug-likeness (QED) is 0.780. The van der Waals surface area contributed by atoms with E-state index < -0.39 is 17.3 Å². The molecular weight excluding hydrogens is 341 g/mol. The van der Waals surface area contributed by atoms with Crippen LogP contribution in [0.1, 0.15) is 10.4 Å². The fraction of sp³-hybridized carbons (Fsp3) is 0.375. The molecule has 1 unspecified atom stereocenters. The van der Waals surface area contributed by atoms with Crippen LogP contribution in [0.5, 0.6) is 0 Å². The molecule has 24 heavy (non-hydrogen) atoms. The SMILES string of the molecule is C=CC(=O)N(C)c1ccc(C(=O)N2CCSC(C(F)(F)F)C2)cc1. The van der Waals surface area contributed by atoms with Crippen LogP contribution in [0.3, 0.4) is 0 Å². The summed E-state index contributed by atoms with van der Waals surface area (Å²) in [5, 5.41) is -1.55. The van der Waals surface area contributed by atoms with Crippen molar-refractivity contribution in [3.05, 3.63) is 42.5 Å². The number of alkyl halides is 3. The van der Waals surface area contributed by atoms with Gasteiger partial charge in [0.05, 0.1) is 0 Å². The van der Waals surface area contributed by atoms with E-state index in [0.717, 1.165) is 11.8 Å². The lowest BCUT2D eigenvalue weighted by atomic mass is 10.1. The van der Waals surface area contributed by atoms with Gasteiger partial charge in [-0.1, -0.05) is 6.58 Å². The number of carbonyl (C=O) groups excluding carboxylic acids is 2. The molecule has 1 aliphatic rings. The molecule has 130 valence electrons. The number of benzene rings is 1. The van der Waals surface area contributed by atoms with Crippen LogP contribution in [0.4, 0.5) is 18.9 Å². The van der Waals surface area contributed by atoms with Crippen LogP contribution in [0, 0.1) is 0 Å². The predicted octanol–water partition coefficient (Wildman–Crippen LogP) is 2.96. The first-order valence-electron chi connectivity index (χ1n) is 7.22. The van der Waals surface area contributed by atoms with Crippen molar-refractivity contribution in [2.24, 2.45) is 0 Å². The van der Waals surface area contributed by atoms with Gasteiger partial charge in [0, 0.05) is 37.1 Å². The molecule has 1 heterocycles. The van der Waals surface area contributed by atoms with Crippen LogP contribution in [-0.2, 0) is 4.79 Å². The van der Waals surface area contributed by atoms with E-state index in [0.29, 0.717) is 11.3 Å². The Morgan fingerprint density at radius 2 is 1.96 bits per heavy atom. The molecule has 1 saturated heterocycles. The predicted molar refractivity (Wildman–Crippen MR) is 88.3 cm³/mol. The highest BCUT2D eigenvalue weighted by Gasteiger charge is 2.43. The average Bonchev–Trinajstić information content (AvgIpc) is 2.59. The minimum absolute atomic E-state index is 0.255. The highest BCUT2D eigenvalue weighted by atomic mass is 32.2. The molecule has 4 nitrogen and oxygen atoms in total. The van der Waals surface area contributed by atoms with Gasteiger partial charge in [-0.3, -0.25) is 9.59 Å². The summed E-state index contributed by atoms with van der Waals surface area (Å²) >= 11 is 0.826. The van der Waals surface area contributed by atoms with E-state index in [1.807, 2.05) is 0 Å². The van der Waals surface area contributed by atoms with E-state index in [-0.39, 0.29) is 24.7 Å². The lowest BCUT2D eigenvalue weighted by molar-refractivity contribution is -0.131. The molecule has 0 N–H and O–H groups in total. The van der Waals surface area contributed by atoms with Crippen molar-refractivity contribution in [1.29, 1.82) is 0 Å². The number of amides is 2. The Hall–Kier alpha value is -1.96. The summed E-state index contributed by atoms with van der Waals surface area (Å²) in [4.78, 5) is 26.5. The molecule has 1 aromatic rings. The van der Waals surface area contributed by atoms with Crippen LogP contribution < -0.4 is 4.90 Å². The second-order valence-electron chi connectivity index (χ2n) is 5.30. The Morgan fingerprint density at radius 1 is 1.33 bits per heavy atom. The first kappa shape index (κ1) is 18.4. The third-order valence-corrected chi connectivity index (χ3v) is 4.96. The number of rotatable bonds is 3. The van der Waals surface area contributed by atoms with Crippen molar-refractivity contribution >= 4 is 29.3 Å². The Labute approximate surface area is 142 Å². The van der Waals surface area contributed by atoms with E-state index in [1.165, 1.54) is 28.0 Å². The number of nitrogens with zero attached hydrogens (tertiary/aromatic N) is 2. The molecule has 0 spiro atoms. The van der Waals surface area contributed by atoms with Gasteiger partial charge in [0.1, 0.15) is 5.25 Å². The molecule has 2 amide bonds. The Balaban J connectivity index is 2.10. The summed E-state index contributed by atoms with van der Waals surface area (Å²) in [5.41, 5.74) is 0.866. The van der Waals surface area contributed by atoms with Crippen molar-refractivity contribution in [1.82, 2.24) is 4.90 Å². The van der Waals surface area contributed by atoms with E-state index >= 15 is 0 Å². The molecule has 8 heteroatoms.